The fraction of sp³-hybridized carbons (Fsp3) is 0.684. The molecule has 0 fully saturated rings. The van der Waals surface area contributed by atoms with E-state index in [1.165, 1.54) is 57.1 Å². The van der Waals surface area contributed by atoms with Gasteiger partial charge in [0.25, 0.3) is 0 Å². The van der Waals surface area contributed by atoms with E-state index in [9.17, 15) is 25.9 Å². The van der Waals surface area contributed by atoms with E-state index in [0.717, 1.165) is 18.4 Å². The second-order valence-corrected chi connectivity index (χ2v) is 9.61. The van der Waals surface area contributed by atoms with E-state index in [1.807, 2.05) is 6.92 Å². The second-order valence-electron chi connectivity index (χ2n) is 6.71. The Hall–Kier alpha value is 1.04. The Morgan fingerprint density at radius 2 is 1.07 bits per heavy atom. The maximum absolute atomic E-state index is 10.4. The van der Waals surface area contributed by atoms with Gasteiger partial charge in [0.1, 0.15) is 10.1 Å². The monoisotopic (exact) mass is 466 g/mol. The summed E-state index contributed by atoms with van der Waals surface area (Å²) in [5.41, 5.74) is 0.928. The number of rotatable bonds is 12. The summed E-state index contributed by atoms with van der Waals surface area (Å²) in [4.78, 5) is -0.178. The van der Waals surface area contributed by atoms with Gasteiger partial charge in [-0.15, -0.1) is 0 Å². The van der Waals surface area contributed by atoms with Crippen LogP contribution in [0.1, 0.15) is 76.7 Å². The minimum absolute atomic E-state index is 0. The summed E-state index contributed by atoms with van der Waals surface area (Å²) in [6.45, 7) is 4.03. The third kappa shape index (κ3) is 23.5. The first-order chi connectivity index (χ1) is 12.6. The molecule has 1 aromatic rings. The molecule has 1 rings (SSSR count). The third-order valence-electron chi connectivity index (χ3n) is 4.06. The van der Waals surface area contributed by atoms with Gasteiger partial charge in [0.2, 0.25) is 0 Å². The van der Waals surface area contributed by atoms with Crippen LogP contribution in [0.3, 0.4) is 0 Å². The van der Waals surface area contributed by atoms with Crippen LogP contribution in [-0.4, -0.2) is 31.7 Å². The van der Waals surface area contributed by atoms with Gasteiger partial charge in [-0.1, -0.05) is 82.4 Å². The second kappa shape index (κ2) is 19.7. The van der Waals surface area contributed by atoms with Crippen LogP contribution >= 0.6 is 0 Å². The van der Waals surface area contributed by atoms with E-state index >= 15 is 0 Å². The fourth-order valence-corrected chi connectivity index (χ4v) is 3.50. The molecule has 0 radical (unpaired) electrons. The van der Waals surface area contributed by atoms with E-state index in [4.69, 9.17) is 0 Å². The number of hydrogen-bond donors (Lipinski definition) is 0. The molecule has 6 nitrogen and oxygen atoms in total. The van der Waals surface area contributed by atoms with Crippen molar-refractivity contribution in [1.29, 1.82) is 0 Å². The van der Waals surface area contributed by atoms with Crippen molar-refractivity contribution in [2.75, 3.05) is 5.75 Å². The molecule has 0 N–H and O–H groups in total. The summed E-state index contributed by atoms with van der Waals surface area (Å²) in [5.74, 6) is -0.191. The molecule has 0 amide bonds. The van der Waals surface area contributed by atoms with Crippen LogP contribution in [0.5, 0.6) is 0 Å². The topological polar surface area (TPSA) is 114 Å². The van der Waals surface area contributed by atoms with Crippen LogP contribution in [0, 0.1) is 6.92 Å². The summed E-state index contributed by atoms with van der Waals surface area (Å²) >= 11 is 0. The molecule has 0 heterocycles. The zero-order valence-electron chi connectivity index (χ0n) is 18.4. The molecular weight excluding hydrogens is 434 g/mol. The van der Waals surface area contributed by atoms with Crippen molar-refractivity contribution in [2.45, 2.75) is 83.0 Å². The maximum Gasteiger partial charge on any atom is 1.00 e. The first kappa shape index (κ1) is 34.6. The average Bonchev–Trinajstić information content (AvgIpc) is 2.56. The van der Waals surface area contributed by atoms with Gasteiger partial charge < -0.3 is 9.11 Å². The van der Waals surface area contributed by atoms with E-state index in [0.29, 0.717) is 6.42 Å². The summed E-state index contributed by atoms with van der Waals surface area (Å²) in [5, 5.41) is 0. The van der Waals surface area contributed by atoms with Crippen molar-refractivity contribution in [3.05, 3.63) is 29.8 Å². The summed E-state index contributed by atoms with van der Waals surface area (Å²) in [6, 6.07) is 5.78. The Balaban J connectivity index is -0.000000459. The van der Waals surface area contributed by atoms with Gasteiger partial charge in [-0.2, -0.15) is 0 Å². The predicted molar refractivity (Wildman–Crippen MR) is 106 cm³/mol. The molecule has 29 heavy (non-hydrogen) atoms. The summed E-state index contributed by atoms with van der Waals surface area (Å²) < 4.78 is 62.1. The first-order valence-corrected chi connectivity index (χ1v) is 12.5. The van der Waals surface area contributed by atoms with Crippen LogP contribution in [0.2, 0.25) is 0 Å². The molecule has 0 bridgehead atoms. The Morgan fingerprint density at radius 1 is 0.690 bits per heavy atom. The largest absolute Gasteiger partial charge is 1.00 e. The molecule has 0 aromatic heterocycles. The Kier molecular flexibility index (Phi) is 23.5. The van der Waals surface area contributed by atoms with Crippen LogP contribution in [0.25, 0.3) is 0 Å². The number of benzene rings is 1. The standard InChI is InChI=1S/C12H26O3S.C7H8O3S.2Na/c1-2-3-4-5-6-7-8-9-10-11-12-16(13,14)15;1-6-2-4-7(5-3-6)11(8,9)10;;/h2-12H2,1H3,(H,13,14,15);2-5H,1H3,(H,8,9,10);;/q;;2*+1/p-2. The fourth-order valence-electron chi connectivity index (χ4n) is 2.47. The predicted octanol–water partition coefficient (Wildman–Crippen LogP) is -1.64. The molecule has 0 saturated heterocycles. The smallest absolute Gasteiger partial charge is 0.748 e. The summed E-state index contributed by atoms with van der Waals surface area (Å²) in [6.07, 6.45) is 11.4. The van der Waals surface area contributed by atoms with Crippen molar-refractivity contribution < 1.29 is 85.1 Å². The number of aryl methyl sites for hydroxylation is 1. The van der Waals surface area contributed by atoms with Gasteiger partial charge in [0.15, 0.2) is 0 Å². The maximum atomic E-state index is 10.4. The van der Waals surface area contributed by atoms with Crippen molar-refractivity contribution in [3.63, 3.8) is 0 Å². The Morgan fingerprint density at radius 3 is 1.41 bits per heavy atom. The number of hydrogen-bond acceptors (Lipinski definition) is 6. The molecular formula is C19H32Na2O6S2. The van der Waals surface area contributed by atoms with Crippen LogP contribution in [0.15, 0.2) is 29.2 Å². The van der Waals surface area contributed by atoms with Gasteiger partial charge in [-0.25, -0.2) is 16.8 Å². The van der Waals surface area contributed by atoms with E-state index < -0.39 is 20.2 Å². The Labute approximate surface area is 221 Å². The molecule has 0 aliphatic carbocycles. The van der Waals surface area contributed by atoms with Gasteiger partial charge in [0, 0.05) is 5.75 Å². The van der Waals surface area contributed by atoms with E-state index in [2.05, 4.69) is 6.92 Å². The third-order valence-corrected chi connectivity index (χ3v) is 5.70. The van der Waals surface area contributed by atoms with Gasteiger partial charge in [-0.3, -0.25) is 0 Å². The first-order valence-electron chi connectivity index (χ1n) is 9.52. The zero-order valence-corrected chi connectivity index (χ0v) is 24.0. The van der Waals surface area contributed by atoms with Crippen LogP contribution < -0.4 is 59.1 Å². The molecule has 0 spiro atoms. The van der Waals surface area contributed by atoms with Crippen LogP contribution in [0.4, 0.5) is 0 Å². The summed E-state index contributed by atoms with van der Waals surface area (Å²) in [7, 11) is -8.25. The molecule has 1 aromatic carbocycles. The normalized spacial score (nSPS) is 10.9. The van der Waals surface area contributed by atoms with Gasteiger partial charge in [0.05, 0.1) is 15.0 Å². The quantitative estimate of drug-likeness (QED) is 0.207. The molecule has 0 unspecified atom stereocenters. The molecule has 0 saturated carbocycles. The minimum Gasteiger partial charge on any atom is -0.748 e. The van der Waals surface area contributed by atoms with Crippen molar-refractivity contribution >= 4 is 20.2 Å². The Bertz CT molecular complexity index is 705. The molecule has 0 aliphatic heterocycles. The van der Waals surface area contributed by atoms with Crippen molar-refractivity contribution in [3.8, 4) is 0 Å². The van der Waals surface area contributed by atoms with Gasteiger partial charge >= 0.3 is 59.1 Å². The zero-order chi connectivity index (χ0) is 20.8. The molecule has 158 valence electrons. The van der Waals surface area contributed by atoms with Crippen LogP contribution in [-0.2, 0) is 20.2 Å². The minimum atomic E-state index is -4.27. The van der Waals surface area contributed by atoms with Gasteiger partial charge in [-0.05, 0) is 25.5 Å². The number of unbranched alkanes of at least 4 members (excludes halogenated alkanes) is 9. The van der Waals surface area contributed by atoms with E-state index in [-0.39, 0.29) is 69.8 Å². The SMILES string of the molecule is CCCCCCCCCCCCS(=O)(=O)[O-].Cc1ccc(S(=O)(=O)[O-])cc1.[Na+].[Na+]. The van der Waals surface area contributed by atoms with Crippen molar-refractivity contribution in [1.82, 2.24) is 0 Å². The molecule has 0 aliphatic rings. The molecule has 0 atom stereocenters. The van der Waals surface area contributed by atoms with Crippen molar-refractivity contribution in [2.24, 2.45) is 0 Å². The molecule has 10 heteroatoms. The van der Waals surface area contributed by atoms with E-state index in [1.54, 1.807) is 12.1 Å². The average molecular weight is 467 g/mol.